The Morgan fingerprint density at radius 1 is 1.12 bits per heavy atom. The molecule has 0 bridgehead atoms. The Bertz CT molecular complexity index is 700. The van der Waals surface area contributed by atoms with Crippen molar-refractivity contribution in [1.82, 2.24) is 4.98 Å². The van der Waals surface area contributed by atoms with Crippen LogP contribution in [0.5, 0.6) is 0 Å². The largest absolute Gasteiger partial charge is 0.410 e. The molecule has 0 fully saturated rings. The van der Waals surface area contributed by atoms with E-state index in [1.807, 2.05) is 6.07 Å². The zero-order valence-electron chi connectivity index (χ0n) is 15.6. The van der Waals surface area contributed by atoms with Gasteiger partial charge in [-0.3, -0.25) is 0 Å². The number of hydrogen-bond acceptors (Lipinski definition) is 5. The van der Waals surface area contributed by atoms with E-state index in [4.69, 9.17) is 9.69 Å². The Morgan fingerprint density at radius 2 is 1.62 bits per heavy atom. The van der Waals surface area contributed by atoms with Crippen LogP contribution < -0.4 is 0 Å². The first kappa shape index (κ1) is 20.8. The second kappa shape index (κ2) is 7.77. The van der Waals surface area contributed by atoms with Gasteiger partial charge in [-0.05, 0) is 28.8 Å². The van der Waals surface area contributed by atoms with Crippen LogP contribution in [0.1, 0.15) is 52.8 Å². The summed E-state index contributed by atoms with van der Waals surface area (Å²) in [5.74, 6) is 0. The number of hydrogen-bond donors (Lipinski definition) is 0. The summed E-state index contributed by atoms with van der Waals surface area (Å²) < 4.78 is 30.1. The first-order valence-electron chi connectivity index (χ1n) is 8.20. The van der Waals surface area contributed by atoms with E-state index >= 15 is 0 Å². The van der Waals surface area contributed by atoms with Gasteiger partial charge in [-0.1, -0.05) is 41.5 Å². The molecule has 0 aliphatic carbocycles. The van der Waals surface area contributed by atoms with Crippen molar-refractivity contribution in [3.8, 4) is 6.07 Å². The lowest BCUT2D eigenvalue weighted by Gasteiger charge is -2.42. The fraction of sp³-hybridized carbons (Fsp3) is 0.647. The lowest BCUT2D eigenvalue weighted by atomic mass is 10.3. The van der Waals surface area contributed by atoms with Crippen molar-refractivity contribution in [1.29, 1.82) is 5.26 Å². The number of rotatable bonds is 7. The minimum atomic E-state index is -3.55. The standard InChI is InChI=1S/C17H28N2O3SSi/c1-12(2)24(13(3)4,14(5)6)22-11-16-9-8-15(10-18)17(19-16)23(7,20)21/h8-9,12-14H,11H2,1-7H3. The number of pyridine rings is 1. The van der Waals surface area contributed by atoms with Gasteiger partial charge in [0, 0.05) is 6.26 Å². The first-order valence-corrected chi connectivity index (χ1v) is 12.2. The number of nitrogens with zero attached hydrogens (tertiary/aromatic N) is 2. The molecule has 0 amide bonds. The summed E-state index contributed by atoms with van der Waals surface area (Å²) in [7, 11) is -5.60. The maximum atomic E-state index is 11.8. The van der Waals surface area contributed by atoms with Gasteiger partial charge in [-0.15, -0.1) is 0 Å². The van der Waals surface area contributed by atoms with Crippen LogP contribution in [0, 0.1) is 11.3 Å². The van der Waals surface area contributed by atoms with Crippen LogP contribution in [-0.2, 0) is 20.9 Å². The Balaban J connectivity index is 3.20. The van der Waals surface area contributed by atoms with Gasteiger partial charge in [0.05, 0.1) is 17.9 Å². The molecular formula is C17H28N2O3SSi. The molecule has 1 aromatic heterocycles. The average molecular weight is 369 g/mol. The summed E-state index contributed by atoms with van der Waals surface area (Å²) in [4.78, 5) is 4.18. The molecular weight excluding hydrogens is 340 g/mol. The van der Waals surface area contributed by atoms with Gasteiger partial charge >= 0.3 is 0 Å². The molecule has 1 heterocycles. The van der Waals surface area contributed by atoms with E-state index in [0.717, 1.165) is 6.26 Å². The molecule has 0 atom stereocenters. The van der Waals surface area contributed by atoms with Crippen LogP contribution in [0.3, 0.4) is 0 Å². The van der Waals surface area contributed by atoms with E-state index in [9.17, 15) is 8.42 Å². The molecule has 0 aromatic carbocycles. The van der Waals surface area contributed by atoms with Crippen LogP contribution >= 0.6 is 0 Å². The van der Waals surface area contributed by atoms with Crippen molar-refractivity contribution in [3.63, 3.8) is 0 Å². The van der Waals surface area contributed by atoms with Crippen molar-refractivity contribution < 1.29 is 12.8 Å². The van der Waals surface area contributed by atoms with Crippen LogP contribution in [-0.4, -0.2) is 28.0 Å². The third-order valence-electron chi connectivity index (χ3n) is 4.57. The van der Waals surface area contributed by atoms with Crippen LogP contribution in [0.2, 0.25) is 16.6 Å². The Morgan fingerprint density at radius 3 is 2.00 bits per heavy atom. The molecule has 5 nitrogen and oxygen atoms in total. The monoisotopic (exact) mass is 368 g/mol. The first-order chi connectivity index (χ1) is 11.0. The average Bonchev–Trinajstić information content (AvgIpc) is 2.45. The lowest BCUT2D eigenvalue weighted by Crippen LogP contribution is -2.47. The van der Waals surface area contributed by atoms with Gasteiger partial charge in [-0.2, -0.15) is 5.26 Å². The predicted octanol–water partition coefficient (Wildman–Crippen LogP) is 4.05. The molecule has 0 aliphatic heterocycles. The minimum Gasteiger partial charge on any atom is -0.410 e. The number of sulfone groups is 1. The maximum absolute atomic E-state index is 11.8. The molecule has 0 N–H and O–H groups in total. The molecule has 0 unspecified atom stereocenters. The van der Waals surface area contributed by atoms with E-state index < -0.39 is 18.2 Å². The highest BCUT2D eigenvalue weighted by molar-refractivity contribution is 7.90. The normalized spacial score (nSPS) is 12.9. The van der Waals surface area contributed by atoms with E-state index in [1.165, 1.54) is 6.07 Å². The SMILES string of the molecule is CC(C)[Si](OCc1ccc(C#N)c(S(C)(=O)=O)n1)(C(C)C)C(C)C. The van der Waals surface area contributed by atoms with Crippen molar-refractivity contribution in [2.24, 2.45) is 0 Å². The Kier molecular flexibility index (Phi) is 6.73. The van der Waals surface area contributed by atoms with E-state index in [1.54, 1.807) is 6.07 Å². The van der Waals surface area contributed by atoms with Gasteiger partial charge < -0.3 is 4.43 Å². The van der Waals surface area contributed by atoms with Gasteiger partial charge in [0.15, 0.2) is 14.9 Å². The summed E-state index contributed by atoms with van der Waals surface area (Å²) >= 11 is 0. The molecule has 0 radical (unpaired) electrons. The Hall–Kier alpha value is -1.23. The van der Waals surface area contributed by atoms with Gasteiger partial charge in [0.1, 0.15) is 6.07 Å². The lowest BCUT2D eigenvalue weighted by molar-refractivity contribution is 0.261. The molecule has 7 heteroatoms. The summed E-state index contributed by atoms with van der Waals surface area (Å²) in [6, 6.07) is 5.06. The molecule has 134 valence electrons. The highest BCUT2D eigenvalue weighted by atomic mass is 32.2. The number of nitriles is 1. The van der Waals surface area contributed by atoms with E-state index in [-0.39, 0.29) is 17.2 Å². The van der Waals surface area contributed by atoms with Gasteiger partial charge in [0.2, 0.25) is 8.32 Å². The summed E-state index contributed by atoms with van der Waals surface area (Å²) in [5, 5.41) is 8.90. The zero-order chi connectivity index (χ0) is 18.7. The molecule has 0 saturated carbocycles. The van der Waals surface area contributed by atoms with Gasteiger partial charge in [0.25, 0.3) is 0 Å². The quantitative estimate of drug-likeness (QED) is 0.678. The van der Waals surface area contributed by atoms with E-state index in [2.05, 4.69) is 46.5 Å². The second-order valence-electron chi connectivity index (χ2n) is 7.15. The van der Waals surface area contributed by atoms with Crippen molar-refractivity contribution in [2.75, 3.05) is 6.26 Å². The minimum absolute atomic E-state index is 0.0707. The summed E-state index contributed by atoms with van der Waals surface area (Å²) in [6.45, 7) is 13.4. The molecule has 0 saturated heterocycles. The molecule has 24 heavy (non-hydrogen) atoms. The highest BCUT2D eigenvalue weighted by Crippen LogP contribution is 2.42. The topological polar surface area (TPSA) is 80.0 Å². The second-order valence-corrected chi connectivity index (χ2v) is 14.5. The molecule has 1 rings (SSSR count). The fourth-order valence-electron chi connectivity index (χ4n) is 3.63. The maximum Gasteiger partial charge on any atom is 0.200 e. The summed E-state index contributed by atoms with van der Waals surface area (Å²) in [5.41, 5.74) is 1.93. The smallest absolute Gasteiger partial charge is 0.200 e. The number of aromatic nitrogens is 1. The Labute approximate surface area is 147 Å². The van der Waals surface area contributed by atoms with Crippen molar-refractivity contribution >= 4 is 18.2 Å². The summed E-state index contributed by atoms with van der Waals surface area (Å²) in [6.07, 6.45) is 1.07. The van der Waals surface area contributed by atoms with E-state index in [0.29, 0.717) is 22.3 Å². The van der Waals surface area contributed by atoms with Crippen LogP contribution in [0.4, 0.5) is 0 Å². The zero-order valence-corrected chi connectivity index (χ0v) is 17.4. The third-order valence-corrected chi connectivity index (χ3v) is 11.6. The van der Waals surface area contributed by atoms with Crippen molar-refractivity contribution in [2.45, 2.75) is 69.8 Å². The third kappa shape index (κ3) is 4.24. The predicted molar refractivity (Wildman–Crippen MR) is 97.9 cm³/mol. The van der Waals surface area contributed by atoms with Crippen molar-refractivity contribution in [3.05, 3.63) is 23.4 Å². The molecule has 1 aromatic rings. The fourth-order valence-corrected chi connectivity index (χ4v) is 9.82. The van der Waals surface area contributed by atoms with Gasteiger partial charge in [-0.25, -0.2) is 13.4 Å². The molecule has 0 spiro atoms. The molecule has 0 aliphatic rings. The van der Waals surface area contributed by atoms with Crippen LogP contribution in [0.25, 0.3) is 0 Å². The highest BCUT2D eigenvalue weighted by Gasteiger charge is 2.45. The van der Waals surface area contributed by atoms with Crippen LogP contribution in [0.15, 0.2) is 17.2 Å².